The lowest BCUT2D eigenvalue weighted by atomic mass is 10.2. The largest absolute Gasteiger partial charge is 0.494 e. The standard InChI is InChI=1S/C15H21N3O/c1-18-13-14(12-17-18)8-10-16-9-5-11-19-15-6-3-2-4-7-15/h2-4,6-7,12-13,16H,5,8-11H2,1H3. The quantitative estimate of drug-likeness (QED) is 0.737. The molecular weight excluding hydrogens is 238 g/mol. The number of nitrogens with zero attached hydrogens (tertiary/aromatic N) is 2. The van der Waals surface area contributed by atoms with Gasteiger partial charge in [0.2, 0.25) is 0 Å². The first-order chi connectivity index (χ1) is 9.34. The third-order valence-corrected chi connectivity index (χ3v) is 2.86. The van der Waals surface area contributed by atoms with Gasteiger partial charge >= 0.3 is 0 Å². The minimum atomic E-state index is 0.754. The molecule has 102 valence electrons. The second kappa shape index (κ2) is 7.59. The highest BCUT2D eigenvalue weighted by molar-refractivity contribution is 5.20. The van der Waals surface area contributed by atoms with Crippen molar-refractivity contribution >= 4 is 0 Å². The van der Waals surface area contributed by atoms with Crippen molar-refractivity contribution in [2.45, 2.75) is 12.8 Å². The lowest BCUT2D eigenvalue weighted by molar-refractivity contribution is 0.308. The van der Waals surface area contributed by atoms with Crippen LogP contribution in [-0.2, 0) is 13.5 Å². The van der Waals surface area contributed by atoms with E-state index >= 15 is 0 Å². The van der Waals surface area contributed by atoms with Crippen LogP contribution in [-0.4, -0.2) is 29.5 Å². The van der Waals surface area contributed by atoms with Gasteiger partial charge in [-0.05, 0) is 43.6 Å². The van der Waals surface area contributed by atoms with E-state index in [0.717, 1.165) is 38.3 Å². The van der Waals surface area contributed by atoms with E-state index in [0.29, 0.717) is 0 Å². The van der Waals surface area contributed by atoms with E-state index in [4.69, 9.17) is 4.74 Å². The van der Waals surface area contributed by atoms with Crippen LogP contribution < -0.4 is 10.1 Å². The van der Waals surface area contributed by atoms with E-state index < -0.39 is 0 Å². The van der Waals surface area contributed by atoms with Crippen LogP contribution in [0.5, 0.6) is 5.75 Å². The molecule has 4 heteroatoms. The number of aromatic nitrogens is 2. The van der Waals surface area contributed by atoms with Crippen molar-refractivity contribution in [2.24, 2.45) is 7.05 Å². The normalized spacial score (nSPS) is 10.6. The summed E-state index contributed by atoms with van der Waals surface area (Å²) in [6.07, 6.45) is 6.01. The van der Waals surface area contributed by atoms with E-state index in [2.05, 4.69) is 16.6 Å². The van der Waals surface area contributed by atoms with Gasteiger partial charge in [-0.1, -0.05) is 18.2 Å². The maximum absolute atomic E-state index is 5.62. The summed E-state index contributed by atoms with van der Waals surface area (Å²) in [6, 6.07) is 9.93. The molecule has 0 fully saturated rings. The Morgan fingerprint density at radius 2 is 2.05 bits per heavy atom. The van der Waals surface area contributed by atoms with Crippen LogP contribution in [0.15, 0.2) is 42.7 Å². The zero-order valence-electron chi connectivity index (χ0n) is 11.4. The van der Waals surface area contributed by atoms with E-state index in [1.54, 1.807) is 0 Å². The fraction of sp³-hybridized carbons (Fsp3) is 0.400. The predicted octanol–water partition coefficient (Wildman–Crippen LogP) is 2.02. The molecule has 1 N–H and O–H groups in total. The number of hydrogen-bond acceptors (Lipinski definition) is 3. The molecule has 0 radical (unpaired) electrons. The Bertz CT molecular complexity index is 467. The van der Waals surface area contributed by atoms with Crippen molar-refractivity contribution in [1.29, 1.82) is 0 Å². The third kappa shape index (κ3) is 5.14. The van der Waals surface area contributed by atoms with Crippen molar-refractivity contribution in [2.75, 3.05) is 19.7 Å². The molecule has 19 heavy (non-hydrogen) atoms. The monoisotopic (exact) mass is 259 g/mol. The fourth-order valence-electron chi connectivity index (χ4n) is 1.86. The highest BCUT2D eigenvalue weighted by Crippen LogP contribution is 2.07. The first kappa shape index (κ1) is 13.6. The third-order valence-electron chi connectivity index (χ3n) is 2.86. The molecule has 0 atom stereocenters. The average Bonchev–Trinajstić information content (AvgIpc) is 2.85. The van der Waals surface area contributed by atoms with Crippen molar-refractivity contribution < 1.29 is 4.74 Å². The maximum atomic E-state index is 5.62. The van der Waals surface area contributed by atoms with Crippen LogP contribution in [0, 0.1) is 0 Å². The Balaban J connectivity index is 1.48. The zero-order valence-corrected chi connectivity index (χ0v) is 11.4. The first-order valence-electron chi connectivity index (χ1n) is 6.71. The summed E-state index contributed by atoms with van der Waals surface area (Å²) in [6.45, 7) is 2.72. The second-order valence-corrected chi connectivity index (χ2v) is 4.54. The number of ether oxygens (including phenoxy) is 1. The van der Waals surface area contributed by atoms with Gasteiger partial charge < -0.3 is 10.1 Å². The molecule has 0 spiro atoms. The smallest absolute Gasteiger partial charge is 0.119 e. The van der Waals surface area contributed by atoms with Crippen LogP contribution in [0.25, 0.3) is 0 Å². The molecule has 1 heterocycles. The molecule has 0 saturated carbocycles. The average molecular weight is 259 g/mol. The molecule has 0 saturated heterocycles. The van der Waals surface area contributed by atoms with Gasteiger partial charge in [-0.3, -0.25) is 4.68 Å². The molecule has 1 aromatic carbocycles. The number of aryl methyl sites for hydroxylation is 1. The topological polar surface area (TPSA) is 39.1 Å². The Morgan fingerprint density at radius 1 is 1.21 bits per heavy atom. The Labute approximate surface area is 114 Å². The van der Waals surface area contributed by atoms with Gasteiger partial charge in [0, 0.05) is 13.2 Å². The number of benzene rings is 1. The van der Waals surface area contributed by atoms with Crippen LogP contribution >= 0.6 is 0 Å². The summed E-state index contributed by atoms with van der Waals surface area (Å²) in [5, 5.41) is 7.56. The van der Waals surface area contributed by atoms with Crippen molar-refractivity contribution in [1.82, 2.24) is 15.1 Å². The summed E-state index contributed by atoms with van der Waals surface area (Å²) in [5.74, 6) is 0.942. The molecule has 2 aromatic rings. The number of para-hydroxylation sites is 1. The molecule has 0 aliphatic rings. The van der Waals surface area contributed by atoms with Crippen molar-refractivity contribution in [3.8, 4) is 5.75 Å². The van der Waals surface area contributed by atoms with Crippen LogP contribution in [0.1, 0.15) is 12.0 Å². The number of hydrogen-bond donors (Lipinski definition) is 1. The second-order valence-electron chi connectivity index (χ2n) is 4.54. The van der Waals surface area contributed by atoms with Gasteiger partial charge in [0.15, 0.2) is 0 Å². The minimum Gasteiger partial charge on any atom is -0.494 e. The predicted molar refractivity (Wildman–Crippen MR) is 76.3 cm³/mol. The lowest BCUT2D eigenvalue weighted by Crippen LogP contribution is -2.20. The summed E-state index contributed by atoms with van der Waals surface area (Å²) in [4.78, 5) is 0. The molecule has 0 aliphatic carbocycles. The van der Waals surface area contributed by atoms with Crippen LogP contribution in [0.3, 0.4) is 0 Å². The van der Waals surface area contributed by atoms with Gasteiger partial charge in [-0.2, -0.15) is 5.10 Å². The minimum absolute atomic E-state index is 0.754. The molecule has 4 nitrogen and oxygen atoms in total. The van der Waals surface area contributed by atoms with Gasteiger partial charge in [-0.25, -0.2) is 0 Å². The molecule has 0 unspecified atom stereocenters. The summed E-state index contributed by atoms with van der Waals surface area (Å²) in [5.41, 5.74) is 1.27. The molecule has 0 bridgehead atoms. The van der Waals surface area contributed by atoms with E-state index in [9.17, 15) is 0 Å². The van der Waals surface area contributed by atoms with Gasteiger partial charge in [0.05, 0.1) is 12.8 Å². The zero-order chi connectivity index (χ0) is 13.3. The highest BCUT2D eigenvalue weighted by Gasteiger charge is 1.96. The molecule has 0 aliphatic heterocycles. The molecule has 1 aromatic heterocycles. The fourth-order valence-corrected chi connectivity index (χ4v) is 1.86. The summed E-state index contributed by atoms with van der Waals surface area (Å²) < 4.78 is 7.46. The maximum Gasteiger partial charge on any atom is 0.119 e. The Morgan fingerprint density at radius 3 is 2.79 bits per heavy atom. The first-order valence-corrected chi connectivity index (χ1v) is 6.71. The van der Waals surface area contributed by atoms with Crippen LogP contribution in [0.4, 0.5) is 0 Å². The SMILES string of the molecule is Cn1cc(CCNCCCOc2ccccc2)cn1. The van der Waals surface area contributed by atoms with Crippen molar-refractivity contribution in [3.05, 3.63) is 48.3 Å². The molecule has 0 amide bonds. The molecule has 2 rings (SSSR count). The van der Waals surface area contributed by atoms with E-state index in [-0.39, 0.29) is 0 Å². The lowest BCUT2D eigenvalue weighted by Gasteiger charge is -2.06. The number of nitrogens with one attached hydrogen (secondary N) is 1. The van der Waals surface area contributed by atoms with Crippen molar-refractivity contribution in [3.63, 3.8) is 0 Å². The van der Waals surface area contributed by atoms with Gasteiger partial charge in [-0.15, -0.1) is 0 Å². The Kier molecular flexibility index (Phi) is 5.44. The van der Waals surface area contributed by atoms with E-state index in [1.165, 1.54) is 5.56 Å². The highest BCUT2D eigenvalue weighted by atomic mass is 16.5. The van der Waals surface area contributed by atoms with E-state index in [1.807, 2.05) is 48.3 Å². The summed E-state index contributed by atoms with van der Waals surface area (Å²) in [7, 11) is 1.94. The molecular formula is C15H21N3O. The van der Waals surface area contributed by atoms with Gasteiger partial charge in [0.1, 0.15) is 5.75 Å². The van der Waals surface area contributed by atoms with Crippen LogP contribution in [0.2, 0.25) is 0 Å². The number of rotatable bonds is 8. The summed E-state index contributed by atoms with van der Waals surface area (Å²) >= 11 is 0. The Hall–Kier alpha value is -1.81. The van der Waals surface area contributed by atoms with Gasteiger partial charge in [0.25, 0.3) is 0 Å².